The number of likely N-dealkylation sites (N-methyl/N-ethyl adjacent to an activating group) is 2. The Hall–Kier alpha value is -0.870. The number of aliphatic hydroxyl groups is 1. The van der Waals surface area contributed by atoms with Gasteiger partial charge in [-0.15, -0.1) is 0 Å². The fraction of sp³-hybridized carbons (Fsp3) is 0.824. The molecule has 0 saturated heterocycles. The van der Waals surface area contributed by atoms with Crippen LogP contribution in [0.2, 0.25) is 0 Å². The van der Waals surface area contributed by atoms with Crippen molar-refractivity contribution in [3.8, 4) is 0 Å². The second kappa shape index (κ2) is 11.8. The number of carbonyl (C=O) groups excluding carboxylic acids is 1. The number of hydrogen-bond donors (Lipinski definition) is 1. The lowest BCUT2D eigenvalue weighted by Gasteiger charge is -2.32. The average Bonchev–Trinajstić information content (AvgIpc) is 2.43. The van der Waals surface area contributed by atoms with Crippen molar-refractivity contribution in [2.45, 2.75) is 46.0 Å². The highest BCUT2D eigenvalue weighted by molar-refractivity contribution is 5.76. The number of unbranched alkanes of at least 4 members (excludes halogenated alkanes) is 2. The van der Waals surface area contributed by atoms with E-state index >= 15 is 0 Å². The monoisotopic (exact) mass is 299 g/mol. The first-order chi connectivity index (χ1) is 9.96. The summed E-state index contributed by atoms with van der Waals surface area (Å²) in [4.78, 5) is 14.1. The van der Waals surface area contributed by atoms with Crippen molar-refractivity contribution >= 4 is 5.91 Å². The van der Waals surface area contributed by atoms with Gasteiger partial charge in [-0.2, -0.15) is 0 Å². The van der Waals surface area contributed by atoms with Crippen molar-refractivity contribution in [2.75, 3.05) is 46.9 Å². The molecule has 1 amide bonds. The van der Waals surface area contributed by atoms with Gasteiger partial charge >= 0.3 is 0 Å². The minimum atomic E-state index is 0.193. The molecule has 0 atom stereocenters. The zero-order valence-corrected chi connectivity index (χ0v) is 14.5. The third-order valence-electron chi connectivity index (χ3n) is 3.83. The third-order valence-corrected chi connectivity index (χ3v) is 3.83. The van der Waals surface area contributed by atoms with E-state index in [0.29, 0.717) is 6.42 Å². The molecule has 0 aliphatic rings. The van der Waals surface area contributed by atoms with Crippen molar-refractivity contribution in [3.63, 3.8) is 0 Å². The van der Waals surface area contributed by atoms with E-state index in [2.05, 4.69) is 33.2 Å². The predicted molar refractivity (Wildman–Crippen MR) is 89.1 cm³/mol. The molecule has 4 heteroatoms. The lowest BCUT2D eigenvalue weighted by atomic mass is 10.1. The summed E-state index contributed by atoms with van der Waals surface area (Å²) in [5.41, 5.74) is 0. The highest BCUT2D eigenvalue weighted by Gasteiger charge is 2.18. The van der Waals surface area contributed by atoms with Crippen molar-refractivity contribution in [1.82, 2.24) is 4.90 Å². The van der Waals surface area contributed by atoms with Crippen LogP contribution in [0, 0.1) is 0 Å². The molecule has 0 saturated carbocycles. The van der Waals surface area contributed by atoms with Crippen molar-refractivity contribution in [2.24, 2.45) is 0 Å². The molecule has 0 aliphatic carbocycles. The summed E-state index contributed by atoms with van der Waals surface area (Å²) in [6, 6.07) is 0. The molecule has 0 heterocycles. The number of carbonyl (C=O) groups is 1. The summed E-state index contributed by atoms with van der Waals surface area (Å²) in [6.45, 7) is 7.53. The lowest BCUT2D eigenvalue weighted by Crippen LogP contribution is -2.48. The zero-order valence-electron chi connectivity index (χ0n) is 14.5. The van der Waals surface area contributed by atoms with E-state index in [4.69, 9.17) is 5.11 Å². The van der Waals surface area contributed by atoms with Gasteiger partial charge in [0, 0.05) is 13.0 Å². The van der Waals surface area contributed by atoms with Gasteiger partial charge in [-0.3, -0.25) is 4.79 Å². The Bertz CT molecular complexity index is 301. The van der Waals surface area contributed by atoms with Gasteiger partial charge in [-0.05, 0) is 32.6 Å². The minimum Gasteiger partial charge on any atom is -0.391 e. The van der Waals surface area contributed by atoms with E-state index in [1.165, 1.54) is 0 Å². The van der Waals surface area contributed by atoms with E-state index in [1.807, 2.05) is 11.8 Å². The zero-order chi connectivity index (χ0) is 16.1. The van der Waals surface area contributed by atoms with Crippen LogP contribution in [-0.4, -0.2) is 67.3 Å². The Morgan fingerprint density at radius 2 is 1.86 bits per heavy atom. The molecule has 0 aromatic carbocycles. The molecule has 1 N–H and O–H groups in total. The summed E-state index contributed by atoms with van der Waals surface area (Å²) in [7, 11) is 4.18. The second-order valence-electron chi connectivity index (χ2n) is 6.21. The first-order valence-electron chi connectivity index (χ1n) is 8.32. The molecule has 21 heavy (non-hydrogen) atoms. The molecule has 4 nitrogen and oxygen atoms in total. The fourth-order valence-corrected chi connectivity index (χ4v) is 2.21. The van der Waals surface area contributed by atoms with Crippen molar-refractivity contribution < 1.29 is 14.4 Å². The first kappa shape index (κ1) is 20.1. The molecule has 0 aromatic rings. The summed E-state index contributed by atoms with van der Waals surface area (Å²) in [5.74, 6) is 0.265. The van der Waals surface area contributed by atoms with Gasteiger partial charge in [0.1, 0.15) is 6.54 Å². The summed E-state index contributed by atoms with van der Waals surface area (Å²) >= 11 is 0. The number of allylic oxidation sites excluding steroid dienone is 2. The van der Waals surface area contributed by atoms with Crippen molar-refractivity contribution in [3.05, 3.63) is 12.2 Å². The topological polar surface area (TPSA) is 40.5 Å². The van der Waals surface area contributed by atoms with Gasteiger partial charge in [0.15, 0.2) is 0 Å². The SMILES string of the molecule is CC/C=C/CCCCC(=O)N(CC)CC[N+](C)(C)CCO. The predicted octanol–water partition coefficient (Wildman–Crippen LogP) is 2.43. The van der Waals surface area contributed by atoms with Gasteiger partial charge in [-0.1, -0.05) is 19.1 Å². The number of quaternary nitrogens is 1. The van der Waals surface area contributed by atoms with Gasteiger partial charge < -0.3 is 14.5 Å². The molecule has 0 aliphatic heterocycles. The third kappa shape index (κ3) is 10.5. The molecule has 0 aromatic heterocycles. The highest BCUT2D eigenvalue weighted by Crippen LogP contribution is 2.06. The fourth-order valence-electron chi connectivity index (χ4n) is 2.21. The van der Waals surface area contributed by atoms with Crippen LogP contribution in [0.5, 0.6) is 0 Å². The van der Waals surface area contributed by atoms with Gasteiger partial charge in [0.05, 0.1) is 33.8 Å². The molecule has 0 rings (SSSR count). The van der Waals surface area contributed by atoms with Gasteiger partial charge in [-0.25, -0.2) is 0 Å². The summed E-state index contributed by atoms with van der Waals surface area (Å²) in [6.07, 6.45) is 9.27. The van der Waals surface area contributed by atoms with E-state index in [0.717, 1.165) is 56.3 Å². The smallest absolute Gasteiger partial charge is 0.222 e. The van der Waals surface area contributed by atoms with Crippen LogP contribution in [0.1, 0.15) is 46.0 Å². The molecule has 124 valence electrons. The molecule has 0 spiro atoms. The number of hydrogen-bond acceptors (Lipinski definition) is 2. The minimum absolute atomic E-state index is 0.193. The standard InChI is InChI=1S/C17H35N2O2/c1-5-7-8-9-10-11-12-17(21)18(6-2)13-14-19(3,4)15-16-20/h7-8,20H,5-6,9-16H2,1-4H3/q+1/b8-7+. The number of aliphatic hydroxyl groups excluding tert-OH is 1. The molecular formula is C17H35N2O2+. The largest absolute Gasteiger partial charge is 0.391 e. The normalized spacial score (nSPS) is 12.0. The van der Waals surface area contributed by atoms with Crippen LogP contribution in [0.15, 0.2) is 12.2 Å². The Morgan fingerprint density at radius 3 is 2.43 bits per heavy atom. The van der Waals surface area contributed by atoms with E-state index < -0.39 is 0 Å². The highest BCUT2D eigenvalue weighted by atomic mass is 16.3. The first-order valence-corrected chi connectivity index (χ1v) is 8.32. The van der Waals surface area contributed by atoms with E-state index in [-0.39, 0.29) is 12.5 Å². The Balaban J connectivity index is 3.99. The second-order valence-corrected chi connectivity index (χ2v) is 6.21. The molecule has 0 fully saturated rings. The number of amides is 1. The maximum Gasteiger partial charge on any atom is 0.222 e. The lowest BCUT2D eigenvalue weighted by molar-refractivity contribution is -0.890. The maximum absolute atomic E-state index is 12.2. The van der Waals surface area contributed by atoms with Crippen LogP contribution in [0.4, 0.5) is 0 Å². The van der Waals surface area contributed by atoms with Crippen LogP contribution in [0.3, 0.4) is 0 Å². The Kier molecular flexibility index (Phi) is 11.3. The quantitative estimate of drug-likeness (QED) is 0.341. The average molecular weight is 299 g/mol. The van der Waals surface area contributed by atoms with Crippen LogP contribution in [0.25, 0.3) is 0 Å². The number of nitrogens with zero attached hydrogens (tertiary/aromatic N) is 2. The molecular weight excluding hydrogens is 264 g/mol. The molecule has 0 bridgehead atoms. The Labute approximate surface area is 131 Å². The van der Waals surface area contributed by atoms with E-state index in [1.54, 1.807) is 0 Å². The molecule has 0 unspecified atom stereocenters. The summed E-state index contributed by atoms with van der Waals surface area (Å²) < 4.78 is 0.752. The number of rotatable bonds is 12. The summed E-state index contributed by atoms with van der Waals surface area (Å²) in [5, 5.41) is 9.04. The van der Waals surface area contributed by atoms with Crippen molar-refractivity contribution in [1.29, 1.82) is 0 Å². The van der Waals surface area contributed by atoms with Crippen LogP contribution >= 0.6 is 0 Å². The van der Waals surface area contributed by atoms with Gasteiger partial charge in [0.2, 0.25) is 5.91 Å². The maximum atomic E-state index is 12.2. The Morgan fingerprint density at radius 1 is 1.14 bits per heavy atom. The van der Waals surface area contributed by atoms with E-state index in [9.17, 15) is 4.79 Å². The van der Waals surface area contributed by atoms with Crippen LogP contribution in [-0.2, 0) is 4.79 Å². The van der Waals surface area contributed by atoms with Gasteiger partial charge in [0.25, 0.3) is 0 Å². The molecule has 0 radical (unpaired) electrons. The van der Waals surface area contributed by atoms with Crippen LogP contribution < -0.4 is 0 Å².